The average Bonchev–Trinajstić information content (AvgIpc) is 3.16. The first kappa shape index (κ1) is 29.8. The van der Waals surface area contributed by atoms with Crippen molar-refractivity contribution < 1.29 is 13.5 Å². The van der Waals surface area contributed by atoms with Crippen LogP contribution in [0.1, 0.15) is 52.5 Å². The lowest BCUT2D eigenvalue weighted by atomic mass is 9.92. The van der Waals surface area contributed by atoms with Gasteiger partial charge in [-0.25, -0.2) is 18.3 Å². The van der Waals surface area contributed by atoms with Gasteiger partial charge in [0.05, 0.1) is 19.3 Å². The number of hydrogen-bond acceptors (Lipinski definition) is 5. The summed E-state index contributed by atoms with van der Waals surface area (Å²) in [4.78, 5) is 16.9. The fourth-order valence-corrected chi connectivity index (χ4v) is 5.28. The molecule has 1 saturated heterocycles. The van der Waals surface area contributed by atoms with Crippen LogP contribution in [0.4, 0.5) is 14.7 Å². The summed E-state index contributed by atoms with van der Waals surface area (Å²) >= 11 is 0. The molecular formula is C29H43F2N5O2. The fourth-order valence-electron chi connectivity index (χ4n) is 5.28. The summed E-state index contributed by atoms with van der Waals surface area (Å²) in [6.45, 7) is 8.41. The molecule has 1 fully saturated rings. The summed E-state index contributed by atoms with van der Waals surface area (Å²) in [5.74, 6) is 0.263. The molecule has 4 atom stereocenters. The van der Waals surface area contributed by atoms with Gasteiger partial charge in [-0.1, -0.05) is 49.4 Å². The number of ether oxygens (including phenoxy) is 1. The maximum Gasteiger partial charge on any atom is 0.347 e. The van der Waals surface area contributed by atoms with Crippen LogP contribution in [0.15, 0.2) is 58.7 Å². The van der Waals surface area contributed by atoms with E-state index in [4.69, 9.17) is 4.74 Å². The number of likely N-dealkylation sites (tertiary alicyclic amines) is 1. The van der Waals surface area contributed by atoms with E-state index < -0.39 is 6.17 Å². The highest BCUT2D eigenvalue weighted by atomic mass is 19.1. The highest BCUT2D eigenvalue weighted by Crippen LogP contribution is 2.28. The molecule has 1 aliphatic heterocycles. The van der Waals surface area contributed by atoms with Crippen LogP contribution in [0.5, 0.6) is 0 Å². The van der Waals surface area contributed by atoms with Gasteiger partial charge in [-0.05, 0) is 45.6 Å². The first-order valence-corrected chi connectivity index (χ1v) is 13.5. The zero-order valence-corrected chi connectivity index (χ0v) is 23.6. The van der Waals surface area contributed by atoms with Crippen molar-refractivity contribution in [3.05, 3.63) is 69.9 Å². The molecule has 9 heteroatoms. The molecule has 0 spiro atoms. The zero-order chi connectivity index (χ0) is 27.8. The molecule has 1 aliphatic rings. The molecule has 0 amide bonds. The van der Waals surface area contributed by atoms with E-state index in [1.54, 1.807) is 19.2 Å². The van der Waals surface area contributed by atoms with Crippen LogP contribution in [0, 0.1) is 0 Å². The van der Waals surface area contributed by atoms with Crippen molar-refractivity contribution in [3.63, 3.8) is 0 Å². The molecule has 0 aliphatic carbocycles. The second-order valence-corrected chi connectivity index (χ2v) is 10.3. The van der Waals surface area contributed by atoms with Crippen LogP contribution in [-0.2, 0) is 24.9 Å². The SMILES string of the molecule is C/C=C\C(COC1CC(C)N(CC(F)Cn2nc(N(C)Cc3ccccc3)n(C)c2=O)C(CC)C1)=C(/C)F. The second-order valence-electron chi connectivity index (χ2n) is 10.3. The fraction of sp³-hybridized carbons (Fsp3) is 0.586. The van der Waals surface area contributed by atoms with Crippen LogP contribution >= 0.6 is 0 Å². The smallest absolute Gasteiger partial charge is 0.347 e. The third kappa shape index (κ3) is 7.63. The van der Waals surface area contributed by atoms with Gasteiger partial charge >= 0.3 is 5.69 Å². The largest absolute Gasteiger partial charge is 0.373 e. The molecule has 1 aromatic heterocycles. The third-order valence-corrected chi connectivity index (χ3v) is 7.33. The molecule has 7 nitrogen and oxygen atoms in total. The molecule has 38 heavy (non-hydrogen) atoms. The maximum absolute atomic E-state index is 15.4. The lowest BCUT2D eigenvalue weighted by Crippen LogP contribution is -2.52. The highest BCUT2D eigenvalue weighted by molar-refractivity contribution is 5.31. The van der Waals surface area contributed by atoms with Gasteiger partial charge in [0, 0.05) is 44.8 Å². The van der Waals surface area contributed by atoms with Crippen LogP contribution in [-0.4, -0.2) is 63.8 Å². The van der Waals surface area contributed by atoms with Gasteiger partial charge in [0.25, 0.3) is 0 Å². The van der Waals surface area contributed by atoms with E-state index in [0.29, 0.717) is 18.1 Å². The molecule has 0 saturated carbocycles. The number of anilines is 1. The van der Waals surface area contributed by atoms with E-state index in [0.717, 1.165) is 24.8 Å². The molecule has 4 unspecified atom stereocenters. The molecule has 0 bridgehead atoms. The van der Waals surface area contributed by atoms with E-state index in [1.807, 2.05) is 49.2 Å². The summed E-state index contributed by atoms with van der Waals surface area (Å²) < 4.78 is 37.9. The second kappa shape index (κ2) is 13.8. The van der Waals surface area contributed by atoms with Crippen LogP contribution in [0.2, 0.25) is 0 Å². The maximum atomic E-state index is 15.4. The van der Waals surface area contributed by atoms with Gasteiger partial charge in [0.15, 0.2) is 0 Å². The van der Waals surface area contributed by atoms with Gasteiger partial charge < -0.3 is 9.64 Å². The van der Waals surface area contributed by atoms with E-state index >= 15 is 4.39 Å². The molecule has 0 radical (unpaired) electrons. The number of allylic oxidation sites excluding steroid dienone is 2. The van der Waals surface area contributed by atoms with Crippen molar-refractivity contribution in [1.29, 1.82) is 0 Å². The normalized spacial score (nSPS) is 22.1. The number of nitrogens with zero attached hydrogens (tertiary/aromatic N) is 5. The lowest BCUT2D eigenvalue weighted by Gasteiger charge is -2.44. The Bertz CT molecular complexity index is 1140. The van der Waals surface area contributed by atoms with Crippen molar-refractivity contribution >= 4 is 5.95 Å². The van der Waals surface area contributed by atoms with Gasteiger partial charge in [0.2, 0.25) is 5.95 Å². The number of piperidine rings is 1. The number of benzene rings is 1. The Morgan fingerprint density at radius 3 is 2.61 bits per heavy atom. The molecule has 1 aromatic carbocycles. The average molecular weight is 532 g/mol. The molecule has 0 N–H and O–H groups in total. The molecule has 3 rings (SSSR count). The molecule has 2 aromatic rings. The monoisotopic (exact) mass is 531 g/mol. The van der Waals surface area contributed by atoms with Crippen LogP contribution < -0.4 is 10.6 Å². The predicted molar refractivity (Wildman–Crippen MR) is 149 cm³/mol. The minimum Gasteiger partial charge on any atom is -0.373 e. The quantitative estimate of drug-likeness (QED) is 0.360. The van der Waals surface area contributed by atoms with Gasteiger partial charge in [-0.2, -0.15) is 0 Å². The van der Waals surface area contributed by atoms with Crippen molar-refractivity contribution in [2.45, 2.75) is 84.4 Å². The number of aromatic nitrogens is 3. The summed E-state index contributed by atoms with van der Waals surface area (Å²) in [5, 5.41) is 4.45. The van der Waals surface area contributed by atoms with Crippen LogP contribution in [0.3, 0.4) is 0 Å². The number of rotatable bonds is 12. The van der Waals surface area contributed by atoms with Gasteiger partial charge in [-0.3, -0.25) is 9.47 Å². The Morgan fingerprint density at radius 2 is 1.97 bits per heavy atom. The minimum absolute atomic E-state index is 0.00927. The molecule has 2 heterocycles. The summed E-state index contributed by atoms with van der Waals surface area (Å²) in [6, 6.07) is 10.2. The van der Waals surface area contributed by atoms with E-state index in [-0.39, 0.29) is 49.4 Å². The number of halogens is 2. The Morgan fingerprint density at radius 1 is 1.26 bits per heavy atom. The molecular weight excluding hydrogens is 488 g/mol. The third-order valence-electron chi connectivity index (χ3n) is 7.33. The van der Waals surface area contributed by atoms with Gasteiger partial charge in [-0.15, -0.1) is 5.10 Å². The van der Waals surface area contributed by atoms with Crippen molar-refractivity contribution in [3.8, 4) is 0 Å². The van der Waals surface area contributed by atoms with Crippen LogP contribution in [0.25, 0.3) is 0 Å². The number of alkyl halides is 1. The Hall–Kier alpha value is -2.78. The summed E-state index contributed by atoms with van der Waals surface area (Å²) in [7, 11) is 3.54. The standard InChI is InChI=1S/C29H43F2N5O2/c1-7-12-24(22(4)30)20-38-27-15-21(3)35(26(8-2)16-27)18-25(31)19-36-29(37)34(6)28(32-36)33(5)17-23-13-10-9-11-14-23/h7,9-14,21,25-27H,8,15-20H2,1-6H3/b12-7-,24-22-. The Labute approximate surface area is 225 Å². The van der Waals surface area contributed by atoms with Gasteiger partial charge in [0.1, 0.15) is 12.0 Å². The van der Waals surface area contributed by atoms with E-state index in [2.05, 4.69) is 23.8 Å². The van der Waals surface area contributed by atoms with Crippen molar-refractivity contribution in [2.75, 3.05) is 25.1 Å². The topological polar surface area (TPSA) is 55.5 Å². The first-order valence-electron chi connectivity index (χ1n) is 13.5. The Kier molecular flexibility index (Phi) is 10.8. The van der Waals surface area contributed by atoms with E-state index in [1.165, 1.54) is 16.2 Å². The Balaban J connectivity index is 1.61. The molecule has 210 valence electrons. The predicted octanol–water partition coefficient (Wildman–Crippen LogP) is 5.02. The zero-order valence-electron chi connectivity index (χ0n) is 23.6. The van der Waals surface area contributed by atoms with E-state index in [9.17, 15) is 9.18 Å². The highest BCUT2D eigenvalue weighted by Gasteiger charge is 2.34. The van der Waals surface area contributed by atoms with Crippen molar-refractivity contribution in [1.82, 2.24) is 19.2 Å². The minimum atomic E-state index is -1.25. The van der Waals surface area contributed by atoms with Crippen molar-refractivity contribution in [2.24, 2.45) is 7.05 Å². The first-order chi connectivity index (χ1) is 18.1. The summed E-state index contributed by atoms with van der Waals surface area (Å²) in [6.07, 6.45) is 4.65. The lowest BCUT2D eigenvalue weighted by molar-refractivity contribution is -0.0396. The number of hydrogen-bond donors (Lipinski definition) is 0. The summed E-state index contributed by atoms with van der Waals surface area (Å²) in [5.41, 5.74) is 1.32.